The zero-order valence-corrected chi connectivity index (χ0v) is 17.7. The van der Waals surface area contributed by atoms with E-state index in [0.29, 0.717) is 28.5 Å². The van der Waals surface area contributed by atoms with Gasteiger partial charge < -0.3 is 35.1 Å². The Labute approximate surface area is 184 Å². The molecule has 0 bridgehead atoms. The number of aliphatic hydroxyl groups excluding tert-OH is 4. The van der Waals surface area contributed by atoms with Crippen LogP contribution in [0.1, 0.15) is 29.7 Å². The van der Waals surface area contributed by atoms with Crippen LogP contribution in [0.3, 0.4) is 0 Å². The highest BCUT2D eigenvalue weighted by atomic mass is 35.5. The van der Waals surface area contributed by atoms with Gasteiger partial charge in [0.2, 0.25) is 0 Å². The molecule has 8 nitrogen and oxygen atoms in total. The van der Waals surface area contributed by atoms with Gasteiger partial charge >= 0.3 is 0 Å². The number of aliphatic hydroxyl groups is 4. The van der Waals surface area contributed by atoms with E-state index in [4.69, 9.17) is 26.3 Å². The quantitative estimate of drug-likeness (QED) is 0.246. The number of oxime groups is 1. The number of hydrogen-bond acceptors (Lipinski definition) is 8. The normalized spacial score (nSPS) is 26.6. The largest absolute Gasteiger partial charge is 0.488 e. The zero-order chi connectivity index (χ0) is 22.5. The minimum absolute atomic E-state index is 0.183. The summed E-state index contributed by atoms with van der Waals surface area (Å²) in [5, 5.41) is 52.1. The van der Waals surface area contributed by atoms with Gasteiger partial charge in [-0.05, 0) is 48.2 Å². The van der Waals surface area contributed by atoms with Crippen molar-refractivity contribution < 1.29 is 35.1 Å². The maximum absolute atomic E-state index is 10.4. The lowest BCUT2D eigenvalue weighted by molar-refractivity contribution is -0.231. The first-order valence-electron chi connectivity index (χ1n) is 9.82. The summed E-state index contributed by atoms with van der Waals surface area (Å²) in [6, 6.07) is 12.5. The van der Waals surface area contributed by atoms with Crippen LogP contribution >= 0.6 is 11.6 Å². The van der Waals surface area contributed by atoms with Crippen LogP contribution in [0.2, 0.25) is 5.02 Å². The average molecular weight is 452 g/mol. The third-order valence-electron chi connectivity index (χ3n) is 5.23. The lowest BCUT2D eigenvalue weighted by Crippen LogP contribution is -2.55. The van der Waals surface area contributed by atoms with Crippen molar-refractivity contribution >= 4 is 17.3 Å². The van der Waals surface area contributed by atoms with Crippen molar-refractivity contribution in [1.29, 1.82) is 0 Å². The molecule has 0 unspecified atom stereocenters. The van der Waals surface area contributed by atoms with Gasteiger partial charge in [0.15, 0.2) is 0 Å². The summed E-state index contributed by atoms with van der Waals surface area (Å²) >= 11 is 6.37. The Balaban J connectivity index is 1.75. The molecule has 0 radical (unpaired) electrons. The highest BCUT2D eigenvalue weighted by Crippen LogP contribution is 2.34. The van der Waals surface area contributed by atoms with Crippen molar-refractivity contribution in [3.05, 3.63) is 64.2 Å². The average Bonchev–Trinajstić information content (AvgIpc) is 2.78. The molecule has 0 amide bonds. The van der Waals surface area contributed by atoms with Crippen LogP contribution in [0.25, 0.3) is 0 Å². The molecule has 0 aliphatic carbocycles. The monoisotopic (exact) mass is 451 g/mol. The molecule has 9 heteroatoms. The second-order valence-electron chi connectivity index (χ2n) is 7.55. The van der Waals surface area contributed by atoms with Crippen LogP contribution < -0.4 is 4.74 Å². The van der Waals surface area contributed by atoms with E-state index in [1.165, 1.54) is 0 Å². The number of hydrogen-bond donors (Lipinski definition) is 5. The first kappa shape index (κ1) is 23.5. The fourth-order valence-corrected chi connectivity index (χ4v) is 3.61. The van der Waals surface area contributed by atoms with Crippen molar-refractivity contribution in [3.63, 3.8) is 0 Å². The lowest BCUT2D eigenvalue weighted by Gasteiger charge is -2.40. The molecule has 1 fully saturated rings. The molecule has 2 aromatic carbocycles. The van der Waals surface area contributed by atoms with E-state index in [9.17, 15) is 20.4 Å². The molecule has 168 valence electrons. The van der Waals surface area contributed by atoms with Gasteiger partial charge in [0.1, 0.15) is 42.9 Å². The Morgan fingerprint density at radius 3 is 2.42 bits per heavy atom. The maximum Gasteiger partial charge on any atom is 0.129 e. The van der Waals surface area contributed by atoms with E-state index in [2.05, 4.69) is 5.16 Å². The predicted molar refractivity (Wildman–Crippen MR) is 114 cm³/mol. The first-order chi connectivity index (χ1) is 14.8. The fourth-order valence-electron chi connectivity index (χ4n) is 3.42. The van der Waals surface area contributed by atoms with Crippen LogP contribution in [-0.4, -0.2) is 69.0 Å². The van der Waals surface area contributed by atoms with Crippen molar-refractivity contribution in [3.8, 4) is 5.75 Å². The summed E-state index contributed by atoms with van der Waals surface area (Å²) in [7, 11) is 0. The van der Waals surface area contributed by atoms with Gasteiger partial charge in [0, 0.05) is 5.02 Å². The standard InChI is InChI=1S/C22H26ClNO7/c1-12(24-29)11-30-16-5-2-13(3-6-16)8-15-9-14(4-7-17(15)23)22-21(28)20(27)19(26)18(10-25)31-22/h2-7,9,18-22,25-29H,8,10-11H2,1H3/t18-,19-,20+,21-,22+/m1/s1. The summed E-state index contributed by atoms with van der Waals surface area (Å²) in [5.74, 6) is 0.632. The van der Waals surface area contributed by atoms with Gasteiger partial charge in [-0.1, -0.05) is 41.0 Å². The second-order valence-corrected chi connectivity index (χ2v) is 7.95. The van der Waals surface area contributed by atoms with E-state index in [1.54, 1.807) is 37.3 Å². The Bertz CT molecular complexity index is 903. The maximum atomic E-state index is 10.4. The molecule has 3 rings (SSSR count). The number of nitrogens with zero attached hydrogens (tertiary/aromatic N) is 1. The lowest BCUT2D eigenvalue weighted by atomic mass is 9.90. The van der Waals surface area contributed by atoms with Crippen molar-refractivity contribution in [2.45, 2.75) is 43.9 Å². The third kappa shape index (κ3) is 5.54. The van der Waals surface area contributed by atoms with E-state index < -0.39 is 37.1 Å². The molecule has 0 saturated carbocycles. The molecule has 1 aliphatic rings. The summed E-state index contributed by atoms with van der Waals surface area (Å²) in [6.07, 6.45) is -5.59. The third-order valence-corrected chi connectivity index (χ3v) is 5.60. The molecular weight excluding hydrogens is 426 g/mol. The van der Waals surface area contributed by atoms with Gasteiger partial charge in [-0.25, -0.2) is 0 Å². The summed E-state index contributed by atoms with van der Waals surface area (Å²) in [4.78, 5) is 0. The molecule has 1 heterocycles. The van der Waals surface area contributed by atoms with Crippen molar-refractivity contribution in [2.24, 2.45) is 5.16 Å². The fraction of sp³-hybridized carbons (Fsp3) is 0.409. The van der Waals surface area contributed by atoms with Crippen LogP contribution in [0.5, 0.6) is 5.75 Å². The van der Waals surface area contributed by atoms with Crippen LogP contribution in [0, 0.1) is 0 Å². The number of benzene rings is 2. The number of rotatable bonds is 7. The number of halogens is 1. The Morgan fingerprint density at radius 2 is 1.77 bits per heavy atom. The SMILES string of the molecule is CC(COc1ccc(Cc2cc([C@@H]3O[C@H](CO)[C@@H](O)[C@H](O)[C@H]3O)ccc2Cl)cc1)=NO. The van der Waals surface area contributed by atoms with Gasteiger partial charge in [-0.3, -0.25) is 0 Å². The molecule has 31 heavy (non-hydrogen) atoms. The van der Waals surface area contributed by atoms with E-state index in [0.717, 1.165) is 11.1 Å². The van der Waals surface area contributed by atoms with Crippen LogP contribution in [0.4, 0.5) is 0 Å². The Morgan fingerprint density at radius 1 is 1.06 bits per heavy atom. The smallest absolute Gasteiger partial charge is 0.129 e. The molecule has 1 aliphatic heterocycles. The summed E-state index contributed by atoms with van der Waals surface area (Å²) in [6.45, 7) is 1.35. The zero-order valence-electron chi connectivity index (χ0n) is 16.9. The molecular formula is C22H26ClNO7. The van der Waals surface area contributed by atoms with E-state index >= 15 is 0 Å². The Kier molecular flexibility index (Phi) is 7.88. The topological polar surface area (TPSA) is 132 Å². The van der Waals surface area contributed by atoms with Gasteiger partial charge in [0.05, 0.1) is 12.3 Å². The Hall–Kier alpha value is -2.20. The van der Waals surface area contributed by atoms with E-state index in [1.807, 2.05) is 12.1 Å². The van der Waals surface area contributed by atoms with Crippen molar-refractivity contribution in [2.75, 3.05) is 13.2 Å². The van der Waals surface area contributed by atoms with Crippen LogP contribution in [0.15, 0.2) is 47.6 Å². The van der Waals surface area contributed by atoms with Crippen molar-refractivity contribution in [1.82, 2.24) is 0 Å². The second kappa shape index (κ2) is 10.4. The van der Waals surface area contributed by atoms with E-state index in [-0.39, 0.29) is 6.61 Å². The minimum Gasteiger partial charge on any atom is -0.488 e. The number of ether oxygens (including phenoxy) is 2. The molecule has 0 spiro atoms. The molecule has 0 aromatic heterocycles. The highest BCUT2D eigenvalue weighted by molar-refractivity contribution is 6.31. The van der Waals surface area contributed by atoms with Crippen LogP contribution in [-0.2, 0) is 11.2 Å². The molecule has 2 aromatic rings. The van der Waals surface area contributed by atoms with Gasteiger partial charge in [-0.2, -0.15) is 0 Å². The molecule has 5 atom stereocenters. The first-order valence-corrected chi connectivity index (χ1v) is 10.2. The molecule has 5 N–H and O–H groups in total. The summed E-state index contributed by atoms with van der Waals surface area (Å²) in [5.41, 5.74) is 2.79. The molecule has 1 saturated heterocycles. The minimum atomic E-state index is -1.44. The summed E-state index contributed by atoms with van der Waals surface area (Å²) < 4.78 is 11.1. The van der Waals surface area contributed by atoms with Gasteiger partial charge in [-0.15, -0.1) is 0 Å². The predicted octanol–water partition coefficient (Wildman–Crippen LogP) is 1.67. The van der Waals surface area contributed by atoms with Gasteiger partial charge in [0.25, 0.3) is 0 Å². The highest BCUT2D eigenvalue weighted by Gasteiger charge is 2.44.